The van der Waals surface area contributed by atoms with Crippen LogP contribution in [-0.2, 0) is 11.8 Å². The van der Waals surface area contributed by atoms with Gasteiger partial charge in [0.2, 0.25) is 5.91 Å². The predicted molar refractivity (Wildman–Crippen MR) is 107 cm³/mol. The zero-order chi connectivity index (χ0) is 19.3. The highest BCUT2D eigenvalue weighted by atomic mass is 32.2. The van der Waals surface area contributed by atoms with Crippen molar-refractivity contribution in [2.75, 3.05) is 25.4 Å². The summed E-state index contributed by atoms with van der Waals surface area (Å²) in [7, 11) is 1.90. The number of aromatic nitrogens is 3. The molecule has 7 nitrogen and oxygen atoms in total. The molecule has 0 aliphatic carbocycles. The van der Waals surface area contributed by atoms with E-state index in [0.29, 0.717) is 23.9 Å². The lowest BCUT2D eigenvalue weighted by Gasteiger charge is -2.25. The fourth-order valence-corrected chi connectivity index (χ4v) is 4.41. The normalized spacial score (nSPS) is 19.8. The van der Waals surface area contributed by atoms with E-state index in [-0.39, 0.29) is 12.0 Å². The molecule has 2 aromatic rings. The second-order valence-electron chi connectivity index (χ2n) is 7.20. The first-order chi connectivity index (χ1) is 13.7. The summed E-state index contributed by atoms with van der Waals surface area (Å²) in [6.45, 7) is 2.13. The Hall–Kier alpha value is -2.22. The number of thioether (sulfide) groups is 1. The monoisotopic (exact) mass is 402 g/mol. The summed E-state index contributed by atoms with van der Waals surface area (Å²) in [6.07, 6.45) is 5.62. The van der Waals surface area contributed by atoms with Crippen LogP contribution >= 0.6 is 11.8 Å². The number of benzene rings is 1. The Kier molecular flexibility index (Phi) is 6.04. The molecule has 28 heavy (non-hydrogen) atoms. The van der Waals surface area contributed by atoms with E-state index < -0.39 is 0 Å². The van der Waals surface area contributed by atoms with Gasteiger partial charge >= 0.3 is 0 Å². The number of hydrogen-bond acceptors (Lipinski definition) is 6. The molecule has 2 aliphatic heterocycles. The molecule has 0 bridgehead atoms. The summed E-state index contributed by atoms with van der Waals surface area (Å²) < 4.78 is 13.7. The van der Waals surface area contributed by atoms with Crippen LogP contribution in [0.15, 0.2) is 29.4 Å². The Balaban J connectivity index is 1.37. The summed E-state index contributed by atoms with van der Waals surface area (Å²) in [4.78, 5) is 14.6. The van der Waals surface area contributed by atoms with Gasteiger partial charge in [-0.3, -0.25) is 4.79 Å². The molecular weight excluding hydrogens is 376 g/mol. The fraction of sp³-hybridized carbons (Fsp3) is 0.550. The minimum atomic E-state index is -0.313. The van der Waals surface area contributed by atoms with Crippen LogP contribution in [0.5, 0.6) is 11.5 Å². The van der Waals surface area contributed by atoms with E-state index in [1.807, 2.05) is 40.8 Å². The Morgan fingerprint density at radius 1 is 1.11 bits per heavy atom. The standard InChI is InChI=1S/C20H26N4O3S/c1-23-19(17-13-26-15-9-5-6-10-16(15)27-17)21-22-20(23)28-14-18(25)24-11-7-3-2-4-8-12-24/h5-6,9-10,17H,2-4,7-8,11-14H2,1H3/t17-/m0/s1. The van der Waals surface area contributed by atoms with Crippen LogP contribution in [0.3, 0.4) is 0 Å². The lowest BCUT2D eigenvalue weighted by molar-refractivity contribution is -0.128. The number of fused-ring (bicyclic) bond motifs is 1. The van der Waals surface area contributed by atoms with Crippen LogP contribution in [0.1, 0.15) is 44.0 Å². The summed E-state index contributed by atoms with van der Waals surface area (Å²) in [6, 6.07) is 7.61. The minimum absolute atomic E-state index is 0.183. The van der Waals surface area contributed by atoms with Gasteiger partial charge in [0.25, 0.3) is 0 Å². The van der Waals surface area contributed by atoms with Crippen LogP contribution in [-0.4, -0.2) is 51.0 Å². The number of hydrogen-bond donors (Lipinski definition) is 0. The van der Waals surface area contributed by atoms with Crippen molar-refractivity contribution in [2.45, 2.75) is 43.4 Å². The molecule has 8 heteroatoms. The van der Waals surface area contributed by atoms with Gasteiger partial charge in [0.1, 0.15) is 6.61 Å². The molecule has 1 aromatic heterocycles. The van der Waals surface area contributed by atoms with Gasteiger partial charge in [-0.25, -0.2) is 0 Å². The maximum atomic E-state index is 12.6. The average Bonchev–Trinajstić information content (AvgIpc) is 3.06. The molecule has 1 aromatic carbocycles. The molecule has 1 atom stereocenters. The number of likely N-dealkylation sites (tertiary alicyclic amines) is 1. The minimum Gasteiger partial charge on any atom is -0.485 e. The van der Waals surface area contributed by atoms with Gasteiger partial charge in [-0.05, 0) is 25.0 Å². The van der Waals surface area contributed by atoms with Gasteiger partial charge in [0, 0.05) is 20.1 Å². The highest BCUT2D eigenvalue weighted by molar-refractivity contribution is 7.99. The van der Waals surface area contributed by atoms with Crippen molar-refractivity contribution < 1.29 is 14.3 Å². The predicted octanol–water partition coefficient (Wildman–Crippen LogP) is 3.21. The van der Waals surface area contributed by atoms with Crippen LogP contribution in [0.2, 0.25) is 0 Å². The second-order valence-corrected chi connectivity index (χ2v) is 8.14. The number of nitrogens with zero attached hydrogens (tertiary/aromatic N) is 4. The zero-order valence-corrected chi connectivity index (χ0v) is 17.0. The first kappa shape index (κ1) is 19.1. The first-order valence-corrected chi connectivity index (χ1v) is 10.9. The van der Waals surface area contributed by atoms with Crippen molar-refractivity contribution in [2.24, 2.45) is 7.05 Å². The molecule has 1 fully saturated rings. The number of amides is 1. The van der Waals surface area contributed by atoms with E-state index in [1.54, 1.807) is 0 Å². The zero-order valence-electron chi connectivity index (χ0n) is 16.2. The summed E-state index contributed by atoms with van der Waals surface area (Å²) >= 11 is 1.43. The Bertz CT molecular complexity index is 818. The molecule has 0 saturated carbocycles. The van der Waals surface area contributed by atoms with Crippen LogP contribution < -0.4 is 9.47 Å². The van der Waals surface area contributed by atoms with Crippen LogP contribution in [0, 0.1) is 0 Å². The first-order valence-electron chi connectivity index (χ1n) is 9.91. The average molecular weight is 403 g/mol. The van der Waals surface area contributed by atoms with Crippen LogP contribution in [0.25, 0.3) is 0 Å². The third-order valence-corrected chi connectivity index (χ3v) is 6.20. The van der Waals surface area contributed by atoms with Crippen molar-refractivity contribution in [1.29, 1.82) is 0 Å². The fourth-order valence-electron chi connectivity index (χ4n) is 3.59. The molecule has 150 valence electrons. The molecule has 4 rings (SSSR count). The Morgan fingerprint density at radius 2 is 1.82 bits per heavy atom. The van der Waals surface area contributed by atoms with Gasteiger partial charge in [-0.15, -0.1) is 10.2 Å². The maximum Gasteiger partial charge on any atom is 0.233 e. The molecule has 1 amide bonds. The van der Waals surface area contributed by atoms with E-state index >= 15 is 0 Å². The van der Waals surface area contributed by atoms with Crippen molar-refractivity contribution >= 4 is 17.7 Å². The number of rotatable bonds is 4. The topological polar surface area (TPSA) is 69.5 Å². The highest BCUT2D eigenvalue weighted by Gasteiger charge is 2.27. The van der Waals surface area contributed by atoms with E-state index in [0.717, 1.165) is 36.8 Å². The molecule has 1 saturated heterocycles. The third-order valence-electron chi connectivity index (χ3n) is 5.20. The molecule has 0 N–H and O–H groups in total. The number of para-hydroxylation sites is 2. The maximum absolute atomic E-state index is 12.6. The lowest BCUT2D eigenvalue weighted by Crippen LogP contribution is -2.35. The molecule has 0 unspecified atom stereocenters. The van der Waals surface area contributed by atoms with Gasteiger partial charge in [-0.2, -0.15) is 0 Å². The highest BCUT2D eigenvalue weighted by Crippen LogP contribution is 2.35. The van der Waals surface area contributed by atoms with Crippen molar-refractivity contribution in [1.82, 2.24) is 19.7 Å². The lowest BCUT2D eigenvalue weighted by atomic mass is 10.1. The van der Waals surface area contributed by atoms with E-state index in [1.165, 1.54) is 31.0 Å². The molecule has 3 heterocycles. The Labute approximate surface area is 169 Å². The third kappa shape index (κ3) is 4.27. The van der Waals surface area contributed by atoms with E-state index in [2.05, 4.69) is 10.2 Å². The summed E-state index contributed by atoms with van der Waals surface area (Å²) in [5.74, 6) is 2.73. The molecule has 0 spiro atoms. The van der Waals surface area contributed by atoms with E-state index in [4.69, 9.17) is 9.47 Å². The summed E-state index contributed by atoms with van der Waals surface area (Å²) in [5, 5.41) is 9.28. The molecular formula is C20H26N4O3S. The smallest absolute Gasteiger partial charge is 0.233 e. The van der Waals surface area contributed by atoms with Gasteiger partial charge in [-0.1, -0.05) is 43.2 Å². The molecule has 0 radical (unpaired) electrons. The number of ether oxygens (including phenoxy) is 2. The number of carbonyl (C=O) groups excluding carboxylic acids is 1. The summed E-state index contributed by atoms with van der Waals surface area (Å²) in [5.41, 5.74) is 0. The van der Waals surface area contributed by atoms with Crippen LogP contribution in [0.4, 0.5) is 0 Å². The Morgan fingerprint density at radius 3 is 2.61 bits per heavy atom. The molecule has 2 aliphatic rings. The van der Waals surface area contributed by atoms with Gasteiger partial charge < -0.3 is 18.9 Å². The second kappa shape index (κ2) is 8.86. The largest absolute Gasteiger partial charge is 0.485 e. The number of carbonyl (C=O) groups is 1. The van der Waals surface area contributed by atoms with E-state index in [9.17, 15) is 4.79 Å². The van der Waals surface area contributed by atoms with Crippen molar-refractivity contribution in [3.63, 3.8) is 0 Å². The van der Waals surface area contributed by atoms with Crippen molar-refractivity contribution in [3.05, 3.63) is 30.1 Å². The van der Waals surface area contributed by atoms with Crippen molar-refractivity contribution in [3.8, 4) is 11.5 Å². The quantitative estimate of drug-likeness (QED) is 0.732. The van der Waals surface area contributed by atoms with Gasteiger partial charge in [0.15, 0.2) is 28.6 Å². The van der Waals surface area contributed by atoms with Gasteiger partial charge in [0.05, 0.1) is 5.75 Å². The SMILES string of the molecule is Cn1c(SCC(=O)N2CCCCCCC2)nnc1[C@@H]1COc2ccccc2O1.